The standard InChI is InChI=1S/C17H15F3N4O2/c18-17(19,20)14-2-1-12(8-21)16(24-14)23-9-11-3-5-22-15(7-11)26-13-4-6-25-10-13/h1-3,5,7,13H,4,6,9-10H2,(H,23,24). The number of aromatic nitrogens is 2. The second-order valence-electron chi connectivity index (χ2n) is 5.66. The number of alkyl halides is 3. The second kappa shape index (κ2) is 7.58. The molecule has 0 saturated carbocycles. The van der Waals surface area contributed by atoms with E-state index in [4.69, 9.17) is 14.7 Å². The third-order valence-corrected chi connectivity index (χ3v) is 3.74. The Hall–Kier alpha value is -2.86. The van der Waals surface area contributed by atoms with Crippen molar-refractivity contribution in [2.75, 3.05) is 18.5 Å². The summed E-state index contributed by atoms with van der Waals surface area (Å²) in [4.78, 5) is 7.63. The number of nitrogens with zero attached hydrogens (tertiary/aromatic N) is 3. The molecule has 3 heterocycles. The van der Waals surface area contributed by atoms with Gasteiger partial charge in [0, 0.05) is 25.2 Å². The summed E-state index contributed by atoms with van der Waals surface area (Å²) in [7, 11) is 0. The molecule has 1 aliphatic heterocycles. The van der Waals surface area contributed by atoms with Crippen LogP contribution in [-0.4, -0.2) is 29.3 Å². The SMILES string of the molecule is N#Cc1ccc(C(F)(F)F)nc1NCc1ccnc(OC2CCOC2)c1. The van der Waals surface area contributed by atoms with Gasteiger partial charge in [-0.1, -0.05) is 0 Å². The van der Waals surface area contributed by atoms with Gasteiger partial charge in [-0.25, -0.2) is 9.97 Å². The summed E-state index contributed by atoms with van der Waals surface area (Å²) in [6.07, 6.45) is -2.30. The number of nitriles is 1. The highest BCUT2D eigenvalue weighted by atomic mass is 19.4. The van der Waals surface area contributed by atoms with E-state index in [2.05, 4.69) is 15.3 Å². The molecule has 6 nitrogen and oxygen atoms in total. The zero-order valence-electron chi connectivity index (χ0n) is 13.6. The maximum absolute atomic E-state index is 12.8. The smallest absolute Gasteiger partial charge is 0.433 e. The summed E-state index contributed by atoms with van der Waals surface area (Å²) >= 11 is 0. The summed E-state index contributed by atoms with van der Waals surface area (Å²) in [6.45, 7) is 1.32. The number of pyridine rings is 2. The van der Waals surface area contributed by atoms with Crippen molar-refractivity contribution in [1.82, 2.24) is 9.97 Å². The molecule has 1 fully saturated rings. The Bertz CT molecular complexity index is 814. The lowest BCUT2D eigenvalue weighted by Crippen LogP contribution is -2.16. The molecule has 1 saturated heterocycles. The number of anilines is 1. The van der Waals surface area contributed by atoms with Crippen molar-refractivity contribution in [2.24, 2.45) is 0 Å². The highest BCUT2D eigenvalue weighted by Crippen LogP contribution is 2.29. The minimum Gasteiger partial charge on any atom is -0.472 e. The van der Waals surface area contributed by atoms with Gasteiger partial charge < -0.3 is 14.8 Å². The maximum Gasteiger partial charge on any atom is 0.433 e. The van der Waals surface area contributed by atoms with Gasteiger partial charge in [0.1, 0.15) is 23.7 Å². The van der Waals surface area contributed by atoms with E-state index < -0.39 is 11.9 Å². The van der Waals surface area contributed by atoms with Gasteiger partial charge in [0.25, 0.3) is 0 Å². The average molecular weight is 364 g/mol. The van der Waals surface area contributed by atoms with Crippen LogP contribution in [0, 0.1) is 11.3 Å². The fourth-order valence-electron chi connectivity index (χ4n) is 2.43. The van der Waals surface area contributed by atoms with E-state index in [1.165, 1.54) is 0 Å². The molecule has 2 aromatic rings. The fraction of sp³-hybridized carbons (Fsp3) is 0.353. The van der Waals surface area contributed by atoms with E-state index in [0.717, 1.165) is 24.1 Å². The van der Waals surface area contributed by atoms with E-state index >= 15 is 0 Å². The van der Waals surface area contributed by atoms with Crippen LogP contribution >= 0.6 is 0 Å². The van der Waals surface area contributed by atoms with Gasteiger partial charge in [-0.2, -0.15) is 18.4 Å². The minimum atomic E-state index is -4.58. The first kappa shape index (κ1) is 17.9. The quantitative estimate of drug-likeness (QED) is 0.878. The molecule has 0 amide bonds. The van der Waals surface area contributed by atoms with Crippen molar-refractivity contribution in [1.29, 1.82) is 5.26 Å². The van der Waals surface area contributed by atoms with Crippen molar-refractivity contribution < 1.29 is 22.6 Å². The zero-order chi connectivity index (χ0) is 18.6. The van der Waals surface area contributed by atoms with Crippen molar-refractivity contribution in [3.63, 3.8) is 0 Å². The summed E-state index contributed by atoms with van der Waals surface area (Å²) in [5.74, 6) is 0.295. The van der Waals surface area contributed by atoms with Gasteiger partial charge in [0.2, 0.25) is 5.88 Å². The zero-order valence-corrected chi connectivity index (χ0v) is 13.6. The Balaban J connectivity index is 1.71. The predicted molar refractivity (Wildman–Crippen MR) is 85.4 cm³/mol. The third kappa shape index (κ3) is 4.40. The normalized spacial score (nSPS) is 16.9. The lowest BCUT2D eigenvalue weighted by Gasteiger charge is -2.13. The van der Waals surface area contributed by atoms with Crippen LogP contribution in [0.3, 0.4) is 0 Å². The maximum atomic E-state index is 12.8. The average Bonchev–Trinajstić information content (AvgIpc) is 3.12. The van der Waals surface area contributed by atoms with Gasteiger partial charge in [-0.05, 0) is 23.8 Å². The first-order valence-corrected chi connectivity index (χ1v) is 7.87. The highest BCUT2D eigenvalue weighted by Gasteiger charge is 2.33. The molecule has 0 spiro atoms. The molecular formula is C17H15F3N4O2. The Kier molecular flexibility index (Phi) is 5.23. The molecule has 2 aromatic heterocycles. The molecule has 0 aromatic carbocycles. The number of halogens is 3. The molecule has 26 heavy (non-hydrogen) atoms. The van der Waals surface area contributed by atoms with Gasteiger partial charge in [-0.15, -0.1) is 0 Å². The molecule has 3 rings (SSSR count). The molecule has 9 heteroatoms. The number of ether oxygens (including phenoxy) is 2. The highest BCUT2D eigenvalue weighted by molar-refractivity contribution is 5.52. The van der Waals surface area contributed by atoms with Crippen molar-refractivity contribution in [3.05, 3.63) is 47.3 Å². The minimum absolute atomic E-state index is 0.0339. The summed E-state index contributed by atoms with van der Waals surface area (Å²) in [5, 5.41) is 11.8. The first-order valence-electron chi connectivity index (χ1n) is 7.87. The van der Waals surface area contributed by atoms with E-state index in [1.807, 2.05) is 6.07 Å². The molecular weight excluding hydrogens is 349 g/mol. The van der Waals surface area contributed by atoms with E-state index in [1.54, 1.807) is 18.3 Å². The Morgan fingerprint density at radius 3 is 2.88 bits per heavy atom. The van der Waals surface area contributed by atoms with Crippen molar-refractivity contribution in [3.8, 4) is 11.9 Å². The monoisotopic (exact) mass is 364 g/mol. The van der Waals surface area contributed by atoms with Gasteiger partial charge >= 0.3 is 6.18 Å². The number of rotatable bonds is 5. The lowest BCUT2D eigenvalue weighted by molar-refractivity contribution is -0.141. The molecule has 0 aliphatic carbocycles. The van der Waals surface area contributed by atoms with Crippen LogP contribution in [0.15, 0.2) is 30.5 Å². The van der Waals surface area contributed by atoms with Crippen LogP contribution in [0.4, 0.5) is 19.0 Å². The third-order valence-electron chi connectivity index (χ3n) is 3.74. The molecule has 1 N–H and O–H groups in total. The number of hydrogen-bond acceptors (Lipinski definition) is 6. The van der Waals surface area contributed by atoms with Crippen LogP contribution in [-0.2, 0) is 17.5 Å². The van der Waals surface area contributed by atoms with Crippen LogP contribution in [0.5, 0.6) is 5.88 Å². The lowest BCUT2D eigenvalue weighted by atomic mass is 10.2. The van der Waals surface area contributed by atoms with Crippen LogP contribution in [0.2, 0.25) is 0 Å². The molecule has 1 aliphatic rings. The van der Waals surface area contributed by atoms with Crippen LogP contribution in [0.25, 0.3) is 0 Å². The molecule has 1 atom stereocenters. The van der Waals surface area contributed by atoms with Gasteiger partial charge in [0.05, 0.1) is 18.8 Å². The van der Waals surface area contributed by atoms with Crippen molar-refractivity contribution in [2.45, 2.75) is 25.2 Å². The summed E-state index contributed by atoms with van der Waals surface area (Å²) in [6, 6.07) is 7.09. The molecule has 136 valence electrons. The van der Waals surface area contributed by atoms with Crippen LogP contribution in [0.1, 0.15) is 23.2 Å². The topological polar surface area (TPSA) is 80.1 Å². The molecule has 0 radical (unpaired) electrons. The van der Waals surface area contributed by atoms with E-state index in [-0.39, 0.29) is 24.0 Å². The number of hydrogen-bond donors (Lipinski definition) is 1. The Morgan fingerprint density at radius 2 is 2.19 bits per heavy atom. The van der Waals surface area contributed by atoms with E-state index in [9.17, 15) is 13.2 Å². The van der Waals surface area contributed by atoms with Gasteiger partial charge in [0.15, 0.2) is 0 Å². The number of nitrogens with one attached hydrogen (secondary N) is 1. The second-order valence-corrected chi connectivity index (χ2v) is 5.66. The largest absolute Gasteiger partial charge is 0.472 e. The predicted octanol–water partition coefficient (Wildman–Crippen LogP) is 3.15. The van der Waals surface area contributed by atoms with Crippen LogP contribution < -0.4 is 10.1 Å². The molecule has 1 unspecified atom stereocenters. The Labute approximate surface area is 147 Å². The van der Waals surface area contributed by atoms with Gasteiger partial charge in [-0.3, -0.25) is 0 Å². The Morgan fingerprint density at radius 1 is 1.35 bits per heavy atom. The summed E-state index contributed by atoms with van der Waals surface area (Å²) < 4.78 is 49.3. The molecule has 0 bridgehead atoms. The first-order chi connectivity index (χ1) is 12.5. The fourth-order valence-corrected chi connectivity index (χ4v) is 2.43. The van der Waals surface area contributed by atoms with Crippen molar-refractivity contribution >= 4 is 5.82 Å². The summed E-state index contributed by atoms with van der Waals surface area (Å²) in [5.41, 5.74) is -0.289. The van der Waals surface area contributed by atoms with E-state index in [0.29, 0.717) is 19.1 Å².